The van der Waals surface area contributed by atoms with Crippen molar-refractivity contribution in [3.8, 4) is 0 Å². The van der Waals surface area contributed by atoms with Crippen molar-refractivity contribution in [2.75, 3.05) is 18.4 Å². The Kier molecular flexibility index (Phi) is 5.77. The maximum absolute atomic E-state index is 12.4. The quantitative estimate of drug-likeness (QED) is 0.895. The van der Waals surface area contributed by atoms with Gasteiger partial charge in [0.15, 0.2) is 0 Å². The zero-order chi connectivity index (χ0) is 18.7. The van der Waals surface area contributed by atoms with Crippen LogP contribution in [-0.2, 0) is 24.8 Å². The van der Waals surface area contributed by atoms with Crippen LogP contribution >= 0.6 is 0 Å². The van der Waals surface area contributed by atoms with Crippen LogP contribution in [0.5, 0.6) is 0 Å². The number of likely N-dealkylation sites (tertiary alicyclic amines) is 1. The summed E-state index contributed by atoms with van der Waals surface area (Å²) in [5, 5.41) is 7.38. The van der Waals surface area contributed by atoms with Crippen molar-refractivity contribution >= 4 is 11.6 Å². The molecule has 140 valence electrons. The van der Waals surface area contributed by atoms with Crippen molar-refractivity contribution < 1.29 is 4.79 Å². The molecule has 5 heteroatoms. The van der Waals surface area contributed by atoms with Gasteiger partial charge in [-0.05, 0) is 56.8 Å². The van der Waals surface area contributed by atoms with Gasteiger partial charge in [0.05, 0.1) is 12.1 Å². The number of amides is 1. The lowest BCUT2D eigenvalue weighted by molar-refractivity contribution is -0.115. The highest BCUT2D eigenvalue weighted by Crippen LogP contribution is 2.19. The normalized spacial score (nSPS) is 18.1. The minimum absolute atomic E-state index is 0.00167. The first-order chi connectivity index (χ1) is 12.4. The summed E-state index contributed by atoms with van der Waals surface area (Å²) in [4.78, 5) is 14.9. The van der Waals surface area contributed by atoms with E-state index in [9.17, 15) is 4.79 Å². The average Bonchev–Trinajstić information content (AvgIpc) is 2.83. The van der Waals surface area contributed by atoms with Crippen molar-refractivity contribution in [2.45, 2.75) is 46.6 Å². The summed E-state index contributed by atoms with van der Waals surface area (Å²) in [6.07, 6.45) is 3.00. The van der Waals surface area contributed by atoms with Crippen molar-refractivity contribution in [3.63, 3.8) is 0 Å². The Balaban J connectivity index is 1.56. The highest BCUT2D eigenvalue weighted by Gasteiger charge is 2.16. The highest BCUT2D eigenvalue weighted by atomic mass is 16.1. The van der Waals surface area contributed by atoms with E-state index in [4.69, 9.17) is 0 Å². The molecule has 0 saturated carbocycles. The number of benzene rings is 1. The summed E-state index contributed by atoms with van der Waals surface area (Å²) in [7, 11) is 1.91. The third kappa shape index (κ3) is 4.52. The molecule has 2 aromatic rings. The molecule has 1 N–H and O–H groups in total. The van der Waals surface area contributed by atoms with Crippen LogP contribution in [-0.4, -0.2) is 33.7 Å². The third-order valence-corrected chi connectivity index (χ3v) is 5.38. The molecule has 2 heterocycles. The summed E-state index contributed by atoms with van der Waals surface area (Å²) in [6.45, 7) is 9.64. The first-order valence-electron chi connectivity index (χ1n) is 9.52. The lowest BCUT2D eigenvalue weighted by atomic mass is 10.00. The van der Waals surface area contributed by atoms with Gasteiger partial charge in [-0.25, -0.2) is 0 Å². The van der Waals surface area contributed by atoms with E-state index in [2.05, 4.69) is 34.4 Å². The van der Waals surface area contributed by atoms with Gasteiger partial charge in [-0.15, -0.1) is 0 Å². The van der Waals surface area contributed by atoms with E-state index in [0.29, 0.717) is 6.42 Å². The van der Waals surface area contributed by atoms with E-state index >= 15 is 0 Å². The monoisotopic (exact) mass is 354 g/mol. The Hall–Kier alpha value is -2.14. The van der Waals surface area contributed by atoms with Crippen molar-refractivity contribution in [1.82, 2.24) is 14.7 Å². The fourth-order valence-electron chi connectivity index (χ4n) is 3.82. The molecule has 0 radical (unpaired) electrons. The summed E-state index contributed by atoms with van der Waals surface area (Å²) in [5.41, 5.74) is 5.14. The number of carbonyl (C=O) groups excluding carboxylic acids is 1. The lowest BCUT2D eigenvalue weighted by Gasteiger charge is -2.30. The number of aromatic nitrogens is 2. The molecule has 0 aliphatic carbocycles. The van der Waals surface area contributed by atoms with Crippen LogP contribution in [0.25, 0.3) is 0 Å². The first kappa shape index (κ1) is 18.6. The Bertz CT molecular complexity index is 763. The first-order valence-corrected chi connectivity index (χ1v) is 9.52. The SMILES string of the molecule is Cc1nn(C)c(C)c1CC(=O)Nc1ccc(CN2CCCC(C)C2)cc1. The largest absolute Gasteiger partial charge is 0.326 e. The number of nitrogens with one attached hydrogen (secondary N) is 1. The molecular formula is C21H30N4O. The maximum atomic E-state index is 12.4. The molecule has 1 atom stereocenters. The highest BCUT2D eigenvalue weighted by molar-refractivity contribution is 5.92. The Morgan fingerprint density at radius 1 is 1.27 bits per heavy atom. The van der Waals surface area contributed by atoms with Crippen LogP contribution in [0.2, 0.25) is 0 Å². The predicted octanol–water partition coefficient (Wildman–Crippen LogP) is 3.45. The van der Waals surface area contributed by atoms with Gasteiger partial charge in [-0.3, -0.25) is 14.4 Å². The zero-order valence-corrected chi connectivity index (χ0v) is 16.4. The van der Waals surface area contributed by atoms with Crippen molar-refractivity contribution in [2.24, 2.45) is 13.0 Å². The molecule has 3 rings (SSSR count). The summed E-state index contributed by atoms with van der Waals surface area (Å²) in [5.74, 6) is 0.795. The van der Waals surface area contributed by atoms with E-state index in [-0.39, 0.29) is 5.91 Å². The van der Waals surface area contributed by atoms with Crippen LogP contribution in [0.4, 0.5) is 5.69 Å². The van der Waals surface area contributed by atoms with Gasteiger partial charge in [-0.1, -0.05) is 19.1 Å². The zero-order valence-electron chi connectivity index (χ0n) is 16.4. The molecule has 1 aromatic heterocycles. The molecule has 1 fully saturated rings. The number of rotatable bonds is 5. The molecule has 1 saturated heterocycles. The second kappa shape index (κ2) is 8.04. The number of piperidine rings is 1. The van der Waals surface area contributed by atoms with Crippen LogP contribution in [0.15, 0.2) is 24.3 Å². The van der Waals surface area contributed by atoms with Gasteiger partial charge in [-0.2, -0.15) is 5.10 Å². The molecule has 1 unspecified atom stereocenters. The molecule has 26 heavy (non-hydrogen) atoms. The number of hydrogen-bond donors (Lipinski definition) is 1. The molecular weight excluding hydrogens is 324 g/mol. The predicted molar refractivity (Wildman–Crippen MR) is 105 cm³/mol. The van der Waals surface area contributed by atoms with E-state index < -0.39 is 0 Å². The number of anilines is 1. The van der Waals surface area contributed by atoms with Crippen LogP contribution < -0.4 is 5.32 Å². The topological polar surface area (TPSA) is 50.2 Å². The number of aryl methyl sites for hydroxylation is 2. The van der Waals surface area contributed by atoms with Crippen molar-refractivity contribution in [1.29, 1.82) is 0 Å². The van der Waals surface area contributed by atoms with Crippen LogP contribution in [0.3, 0.4) is 0 Å². The van der Waals surface area contributed by atoms with Gasteiger partial charge >= 0.3 is 0 Å². The molecule has 1 aromatic carbocycles. The number of nitrogens with zero attached hydrogens (tertiary/aromatic N) is 3. The number of hydrogen-bond acceptors (Lipinski definition) is 3. The Morgan fingerprint density at radius 2 is 2.00 bits per heavy atom. The summed E-state index contributed by atoms with van der Waals surface area (Å²) >= 11 is 0. The molecule has 0 spiro atoms. The van der Waals surface area contributed by atoms with Crippen molar-refractivity contribution in [3.05, 3.63) is 46.8 Å². The lowest BCUT2D eigenvalue weighted by Crippen LogP contribution is -2.33. The van der Waals surface area contributed by atoms with Gasteiger partial charge in [0, 0.05) is 37.1 Å². The smallest absolute Gasteiger partial charge is 0.228 e. The van der Waals surface area contributed by atoms with Gasteiger partial charge in [0.2, 0.25) is 5.91 Å². The number of carbonyl (C=O) groups is 1. The van der Waals surface area contributed by atoms with Gasteiger partial charge in [0.25, 0.3) is 0 Å². The standard InChI is InChI=1S/C21H30N4O/c1-15-6-5-11-25(13-15)14-18-7-9-19(10-8-18)22-21(26)12-20-16(2)23-24(4)17(20)3/h7-10,15H,5-6,11-14H2,1-4H3,(H,22,26). The minimum atomic E-state index is 0.00167. The molecule has 1 amide bonds. The minimum Gasteiger partial charge on any atom is -0.326 e. The van der Waals surface area contributed by atoms with Crippen LogP contribution in [0.1, 0.15) is 42.3 Å². The fraction of sp³-hybridized carbons (Fsp3) is 0.524. The van der Waals surface area contributed by atoms with E-state index in [1.807, 2.05) is 37.7 Å². The molecule has 1 aliphatic rings. The Labute approximate surface area is 156 Å². The molecule has 0 bridgehead atoms. The summed E-state index contributed by atoms with van der Waals surface area (Å²) < 4.78 is 1.83. The van der Waals surface area contributed by atoms with Gasteiger partial charge < -0.3 is 5.32 Å². The Morgan fingerprint density at radius 3 is 2.62 bits per heavy atom. The van der Waals surface area contributed by atoms with E-state index in [1.54, 1.807) is 0 Å². The van der Waals surface area contributed by atoms with E-state index in [1.165, 1.54) is 31.5 Å². The van der Waals surface area contributed by atoms with Crippen LogP contribution in [0, 0.1) is 19.8 Å². The molecule has 1 aliphatic heterocycles. The summed E-state index contributed by atoms with van der Waals surface area (Å²) in [6, 6.07) is 8.25. The fourth-order valence-corrected chi connectivity index (χ4v) is 3.82. The molecule has 5 nitrogen and oxygen atoms in total. The second-order valence-corrected chi connectivity index (χ2v) is 7.68. The van der Waals surface area contributed by atoms with Gasteiger partial charge in [0.1, 0.15) is 0 Å². The van der Waals surface area contributed by atoms with E-state index in [0.717, 1.165) is 35.1 Å². The second-order valence-electron chi connectivity index (χ2n) is 7.68. The maximum Gasteiger partial charge on any atom is 0.228 e. The third-order valence-electron chi connectivity index (χ3n) is 5.38. The average molecular weight is 354 g/mol.